The molecule has 0 radical (unpaired) electrons. The minimum atomic E-state index is -0.292. The van der Waals surface area contributed by atoms with Gasteiger partial charge in [0, 0.05) is 32.1 Å². The summed E-state index contributed by atoms with van der Waals surface area (Å²) in [4.78, 5) is 16.2. The van der Waals surface area contributed by atoms with Crippen LogP contribution in [0.5, 0.6) is 0 Å². The van der Waals surface area contributed by atoms with Crippen molar-refractivity contribution in [2.75, 3.05) is 31.1 Å². The van der Waals surface area contributed by atoms with E-state index in [1.54, 1.807) is 12.1 Å². The molecular weight excluding hydrogens is 311 g/mol. The van der Waals surface area contributed by atoms with Gasteiger partial charge in [0.2, 0.25) is 11.8 Å². The maximum atomic E-state index is 12.9. The van der Waals surface area contributed by atoms with Crippen molar-refractivity contribution >= 4 is 11.9 Å². The average molecular weight is 332 g/mol. The molecule has 1 fully saturated rings. The van der Waals surface area contributed by atoms with Gasteiger partial charge in [-0.25, -0.2) is 4.39 Å². The van der Waals surface area contributed by atoms with Gasteiger partial charge in [-0.3, -0.25) is 4.79 Å². The average Bonchev–Trinajstić information content (AvgIpc) is 3.07. The Morgan fingerprint density at radius 3 is 2.42 bits per heavy atom. The van der Waals surface area contributed by atoms with E-state index in [9.17, 15) is 9.18 Å². The van der Waals surface area contributed by atoms with Crippen molar-refractivity contribution in [2.45, 2.75) is 26.2 Å². The zero-order valence-electron chi connectivity index (χ0n) is 13.9. The smallest absolute Gasteiger partial charge is 0.318 e. The predicted molar refractivity (Wildman–Crippen MR) is 87.3 cm³/mol. The van der Waals surface area contributed by atoms with Gasteiger partial charge in [0.05, 0.1) is 6.42 Å². The fraction of sp³-hybridized carbons (Fsp3) is 0.471. The summed E-state index contributed by atoms with van der Waals surface area (Å²) in [7, 11) is 0. The molecule has 0 unspecified atom stereocenters. The summed E-state index contributed by atoms with van der Waals surface area (Å²) in [6, 6.07) is 6.57. The molecule has 1 aromatic heterocycles. The Bertz CT molecular complexity index is 691. The van der Waals surface area contributed by atoms with E-state index >= 15 is 0 Å². The number of hydrogen-bond donors (Lipinski definition) is 0. The lowest BCUT2D eigenvalue weighted by molar-refractivity contribution is -0.130. The monoisotopic (exact) mass is 332 g/mol. The number of halogens is 1. The first-order chi connectivity index (χ1) is 11.5. The molecular formula is C17H21FN4O2. The van der Waals surface area contributed by atoms with Crippen LogP contribution >= 0.6 is 0 Å². The molecule has 0 saturated carbocycles. The van der Waals surface area contributed by atoms with E-state index in [0.29, 0.717) is 44.5 Å². The quantitative estimate of drug-likeness (QED) is 0.859. The molecule has 128 valence electrons. The molecule has 1 saturated heterocycles. The number of hydrogen-bond acceptors (Lipinski definition) is 5. The van der Waals surface area contributed by atoms with Gasteiger partial charge in [-0.1, -0.05) is 31.1 Å². The Balaban J connectivity index is 1.54. The Labute approximate surface area is 140 Å². The van der Waals surface area contributed by atoms with Crippen LogP contribution in [0.25, 0.3) is 0 Å². The van der Waals surface area contributed by atoms with E-state index in [4.69, 9.17) is 4.42 Å². The molecule has 24 heavy (non-hydrogen) atoms. The topological polar surface area (TPSA) is 62.5 Å². The summed E-state index contributed by atoms with van der Waals surface area (Å²) < 4.78 is 18.6. The van der Waals surface area contributed by atoms with Crippen LogP contribution in [0.4, 0.5) is 10.4 Å². The van der Waals surface area contributed by atoms with Gasteiger partial charge < -0.3 is 14.2 Å². The van der Waals surface area contributed by atoms with Gasteiger partial charge in [0.25, 0.3) is 0 Å². The van der Waals surface area contributed by atoms with Gasteiger partial charge in [0.1, 0.15) is 5.82 Å². The lowest BCUT2D eigenvalue weighted by Crippen LogP contribution is -2.49. The van der Waals surface area contributed by atoms with E-state index in [1.165, 1.54) is 12.1 Å². The summed E-state index contributed by atoms with van der Waals surface area (Å²) in [6.07, 6.45) is 0.290. The summed E-state index contributed by atoms with van der Waals surface area (Å²) in [5.74, 6) is 0.583. The lowest BCUT2D eigenvalue weighted by Gasteiger charge is -2.33. The molecule has 2 aromatic rings. The second kappa shape index (κ2) is 6.98. The van der Waals surface area contributed by atoms with Crippen LogP contribution in [-0.2, 0) is 11.2 Å². The third-order valence-electron chi connectivity index (χ3n) is 4.10. The fourth-order valence-electron chi connectivity index (χ4n) is 2.62. The zero-order chi connectivity index (χ0) is 17.1. The first-order valence-electron chi connectivity index (χ1n) is 8.13. The minimum absolute atomic E-state index is 0.0506. The lowest BCUT2D eigenvalue weighted by atomic mass is 10.1. The largest absolute Gasteiger partial charge is 0.408 e. The summed E-state index contributed by atoms with van der Waals surface area (Å²) in [6.45, 7) is 6.55. The van der Waals surface area contributed by atoms with Crippen LogP contribution in [0.3, 0.4) is 0 Å². The van der Waals surface area contributed by atoms with Gasteiger partial charge >= 0.3 is 6.01 Å². The Morgan fingerprint density at radius 2 is 1.83 bits per heavy atom. The van der Waals surface area contributed by atoms with Crippen LogP contribution in [0, 0.1) is 5.82 Å². The van der Waals surface area contributed by atoms with Crippen molar-refractivity contribution in [3.05, 3.63) is 41.5 Å². The van der Waals surface area contributed by atoms with Crippen molar-refractivity contribution in [3.63, 3.8) is 0 Å². The Kier molecular flexibility index (Phi) is 4.78. The molecule has 2 heterocycles. The predicted octanol–water partition coefficient (Wildman–Crippen LogP) is 2.22. The number of amides is 1. The molecule has 0 N–H and O–H groups in total. The van der Waals surface area contributed by atoms with Gasteiger partial charge in [-0.05, 0) is 17.7 Å². The summed E-state index contributed by atoms with van der Waals surface area (Å²) in [5, 5.41) is 8.12. The third kappa shape index (κ3) is 3.72. The van der Waals surface area contributed by atoms with Crippen LogP contribution in [-0.4, -0.2) is 47.2 Å². The molecule has 7 heteroatoms. The van der Waals surface area contributed by atoms with Gasteiger partial charge in [0.15, 0.2) is 0 Å². The molecule has 1 amide bonds. The number of piperazine rings is 1. The third-order valence-corrected chi connectivity index (χ3v) is 4.10. The van der Waals surface area contributed by atoms with E-state index in [0.717, 1.165) is 5.56 Å². The number of benzene rings is 1. The first-order valence-corrected chi connectivity index (χ1v) is 8.13. The molecule has 0 bridgehead atoms. The van der Waals surface area contributed by atoms with Gasteiger partial charge in [-0.15, -0.1) is 5.10 Å². The second-order valence-corrected chi connectivity index (χ2v) is 6.25. The Morgan fingerprint density at radius 1 is 1.17 bits per heavy atom. The molecule has 0 spiro atoms. The van der Waals surface area contributed by atoms with Crippen LogP contribution in [0.15, 0.2) is 28.7 Å². The van der Waals surface area contributed by atoms with Crippen molar-refractivity contribution in [1.82, 2.24) is 15.1 Å². The Hall–Kier alpha value is -2.44. The van der Waals surface area contributed by atoms with E-state index in [1.807, 2.05) is 23.6 Å². The second-order valence-electron chi connectivity index (χ2n) is 6.25. The summed E-state index contributed by atoms with van der Waals surface area (Å²) in [5.41, 5.74) is 0.822. The highest BCUT2D eigenvalue weighted by atomic mass is 19.1. The number of carbonyl (C=O) groups excluding carboxylic acids is 1. The zero-order valence-corrected chi connectivity index (χ0v) is 13.9. The first kappa shape index (κ1) is 16.4. The minimum Gasteiger partial charge on any atom is -0.408 e. The maximum Gasteiger partial charge on any atom is 0.318 e. The standard InChI is InChI=1S/C17H21FN4O2/c1-12(2)16-19-20-17(24-16)22-9-7-21(8-10-22)15(23)11-13-3-5-14(18)6-4-13/h3-6,12H,7-11H2,1-2H3. The number of nitrogens with zero attached hydrogens (tertiary/aromatic N) is 4. The van der Waals surface area contributed by atoms with Crippen molar-refractivity contribution < 1.29 is 13.6 Å². The fourth-order valence-corrected chi connectivity index (χ4v) is 2.62. The molecule has 1 aromatic carbocycles. The molecule has 0 atom stereocenters. The van der Waals surface area contributed by atoms with Gasteiger partial charge in [-0.2, -0.15) is 0 Å². The van der Waals surface area contributed by atoms with Crippen molar-refractivity contribution in [1.29, 1.82) is 0 Å². The van der Waals surface area contributed by atoms with Crippen LogP contribution in [0.2, 0.25) is 0 Å². The van der Waals surface area contributed by atoms with E-state index in [2.05, 4.69) is 10.2 Å². The molecule has 0 aliphatic carbocycles. The van der Waals surface area contributed by atoms with E-state index < -0.39 is 0 Å². The molecule has 1 aliphatic rings. The number of rotatable bonds is 4. The highest BCUT2D eigenvalue weighted by molar-refractivity contribution is 5.79. The van der Waals surface area contributed by atoms with Crippen molar-refractivity contribution in [2.24, 2.45) is 0 Å². The van der Waals surface area contributed by atoms with Crippen LogP contribution in [0.1, 0.15) is 31.2 Å². The molecule has 3 rings (SSSR count). The number of aromatic nitrogens is 2. The van der Waals surface area contributed by atoms with E-state index in [-0.39, 0.29) is 17.6 Å². The normalized spacial score (nSPS) is 15.2. The molecule has 6 nitrogen and oxygen atoms in total. The maximum absolute atomic E-state index is 12.9. The molecule has 1 aliphatic heterocycles. The highest BCUT2D eigenvalue weighted by Gasteiger charge is 2.24. The highest BCUT2D eigenvalue weighted by Crippen LogP contribution is 2.19. The van der Waals surface area contributed by atoms with Crippen molar-refractivity contribution in [3.8, 4) is 0 Å². The number of anilines is 1. The number of carbonyl (C=O) groups is 1. The summed E-state index contributed by atoms with van der Waals surface area (Å²) >= 11 is 0. The SMILES string of the molecule is CC(C)c1nnc(N2CCN(C(=O)Cc3ccc(F)cc3)CC2)o1. The van der Waals surface area contributed by atoms with Crippen LogP contribution < -0.4 is 4.90 Å².